The molecule has 6 heteroatoms. The van der Waals surface area contributed by atoms with Crippen LogP contribution in [0.4, 0.5) is 5.69 Å². The fourth-order valence-corrected chi connectivity index (χ4v) is 2.35. The van der Waals surface area contributed by atoms with Gasteiger partial charge in [-0.3, -0.25) is 9.59 Å². The largest absolute Gasteiger partial charge is 0.351 e. The molecule has 0 bridgehead atoms. The van der Waals surface area contributed by atoms with Gasteiger partial charge in [0.25, 0.3) is 5.91 Å². The van der Waals surface area contributed by atoms with Gasteiger partial charge in [0.05, 0.1) is 6.07 Å². The maximum absolute atomic E-state index is 12.3. The number of nitrogens with zero attached hydrogens (tertiary/aromatic N) is 1. The predicted octanol–water partition coefficient (Wildman–Crippen LogP) is 3.23. The molecular weight excluding hydrogens is 358 g/mol. The molecule has 0 aliphatic carbocycles. The van der Waals surface area contributed by atoms with Crippen LogP contribution in [-0.4, -0.2) is 11.8 Å². The molecule has 0 saturated carbocycles. The highest BCUT2D eigenvalue weighted by molar-refractivity contribution is 9.10. The van der Waals surface area contributed by atoms with Crippen LogP contribution in [0.25, 0.3) is 0 Å². The van der Waals surface area contributed by atoms with Crippen molar-refractivity contribution in [3.05, 3.63) is 64.1 Å². The Bertz CT molecular complexity index is 768. The molecule has 0 aliphatic rings. The molecule has 2 rings (SSSR count). The van der Waals surface area contributed by atoms with E-state index in [0.29, 0.717) is 11.3 Å². The summed E-state index contributed by atoms with van der Waals surface area (Å²) < 4.78 is 0.821. The highest BCUT2D eigenvalue weighted by Crippen LogP contribution is 2.17. The van der Waals surface area contributed by atoms with Crippen molar-refractivity contribution in [1.82, 2.24) is 5.32 Å². The molecular formula is C17H14BrN3O2. The Morgan fingerprint density at radius 3 is 2.65 bits per heavy atom. The van der Waals surface area contributed by atoms with E-state index in [1.807, 2.05) is 18.2 Å². The van der Waals surface area contributed by atoms with Crippen molar-refractivity contribution >= 4 is 33.4 Å². The molecule has 2 amide bonds. The first-order valence-electron chi connectivity index (χ1n) is 6.88. The van der Waals surface area contributed by atoms with E-state index in [9.17, 15) is 9.59 Å². The molecule has 0 spiro atoms. The molecule has 0 aliphatic heterocycles. The van der Waals surface area contributed by atoms with Gasteiger partial charge < -0.3 is 10.6 Å². The van der Waals surface area contributed by atoms with Crippen LogP contribution in [0, 0.1) is 11.3 Å². The second-order valence-electron chi connectivity index (χ2n) is 4.73. The topological polar surface area (TPSA) is 82.0 Å². The van der Waals surface area contributed by atoms with Gasteiger partial charge in [-0.15, -0.1) is 0 Å². The monoisotopic (exact) mass is 371 g/mol. The molecule has 0 atom stereocenters. The Kier molecular flexibility index (Phi) is 5.89. The summed E-state index contributed by atoms with van der Waals surface area (Å²) in [5.41, 5.74) is 1.92. The lowest BCUT2D eigenvalue weighted by Gasteiger charge is -2.11. The molecule has 0 saturated heterocycles. The summed E-state index contributed by atoms with van der Waals surface area (Å²) in [4.78, 5) is 23.7. The zero-order valence-corrected chi connectivity index (χ0v) is 13.8. The molecule has 23 heavy (non-hydrogen) atoms. The fourth-order valence-electron chi connectivity index (χ4n) is 1.95. The minimum absolute atomic E-state index is 0.188. The number of rotatable bonds is 5. The van der Waals surface area contributed by atoms with Crippen LogP contribution in [0.3, 0.4) is 0 Å². The van der Waals surface area contributed by atoms with Gasteiger partial charge >= 0.3 is 0 Å². The molecule has 0 radical (unpaired) electrons. The normalized spacial score (nSPS) is 9.74. The lowest BCUT2D eigenvalue weighted by atomic mass is 10.1. The van der Waals surface area contributed by atoms with Gasteiger partial charge in [0.1, 0.15) is 6.42 Å². The molecule has 5 nitrogen and oxygen atoms in total. The lowest BCUT2D eigenvalue weighted by molar-refractivity contribution is -0.120. The van der Waals surface area contributed by atoms with E-state index in [1.54, 1.807) is 36.4 Å². The van der Waals surface area contributed by atoms with Crippen LogP contribution >= 0.6 is 15.9 Å². The number of carbonyl (C=O) groups excluding carboxylic acids is 2. The first-order chi connectivity index (χ1) is 11.1. The zero-order valence-electron chi connectivity index (χ0n) is 12.2. The van der Waals surface area contributed by atoms with E-state index in [4.69, 9.17) is 5.26 Å². The van der Waals surface area contributed by atoms with Gasteiger partial charge in [-0.25, -0.2) is 0 Å². The van der Waals surface area contributed by atoms with E-state index in [0.717, 1.165) is 10.0 Å². The molecule has 116 valence electrons. The molecule has 0 fully saturated rings. The maximum Gasteiger partial charge on any atom is 0.255 e. The molecule has 2 N–H and O–H groups in total. The third kappa shape index (κ3) is 4.94. The Balaban J connectivity index is 2.09. The van der Waals surface area contributed by atoms with Gasteiger partial charge in [-0.1, -0.05) is 40.2 Å². The third-order valence-electron chi connectivity index (χ3n) is 3.07. The van der Waals surface area contributed by atoms with Crippen LogP contribution in [0.5, 0.6) is 0 Å². The molecule has 2 aromatic carbocycles. The first kappa shape index (κ1) is 16.7. The number of carbonyl (C=O) groups is 2. The van der Waals surface area contributed by atoms with Crippen molar-refractivity contribution < 1.29 is 9.59 Å². The number of para-hydroxylation sites is 1. The zero-order chi connectivity index (χ0) is 16.7. The Morgan fingerprint density at radius 1 is 1.13 bits per heavy atom. The number of nitrogens with one attached hydrogen (secondary N) is 2. The summed E-state index contributed by atoms with van der Waals surface area (Å²) in [7, 11) is 0. The molecule has 0 unspecified atom stereocenters. The average Bonchev–Trinajstić information content (AvgIpc) is 2.54. The van der Waals surface area contributed by atoms with E-state index >= 15 is 0 Å². The van der Waals surface area contributed by atoms with Gasteiger partial charge in [0.15, 0.2) is 0 Å². The third-order valence-corrected chi connectivity index (χ3v) is 3.56. The summed E-state index contributed by atoms with van der Waals surface area (Å²) in [6.07, 6.45) is -0.188. The van der Waals surface area contributed by atoms with Crippen LogP contribution in [-0.2, 0) is 11.3 Å². The van der Waals surface area contributed by atoms with Crippen molar-refractivity contribution in [2.45, 2.75) is 13.0 Å². The minimum atomic E-state index is -0.347. The maximum atomic E-state index is 12.3. The molecule has 0 aromatic heterocycles. The van der Waals surface area contributed by atoms with Gasteiger partial charge in [-0.05, 0) is 29.8 Å². The van der Waals surface area contributed by atoms with Crippen LogP contribution in [0.1, 0.15) is 22.3 Å². The van der Waals surface area contributed by atoms with E-state index < -0.39 is 0 Å². The molecule has 2 aromatic rings. The standard InChI is InChI=1S/C17H14BrN3O2/c18-14-6-3-5-12(10-14)17(23)21-15-7-2-1-4-13(15)11-20-16(22)8-9-19/h1-7,10H,8,11H2,(H,20,22)(H,21,23). The summed E-state index contributed by atoms with van der Waals surface area (Å²) >= 11 is 3.33. The summed E-state index contributed by atoms with van der Waals surface area (Å²) in [5.74, 6) is -0.581. The summed E-state index contributed by atoms with van der Waals surface area (Å²) in [5, 5.41) is 14.0. The Morgan fingerprint density at radius 2 is 1.91 bits per heavy atom. The van der Waals surface area contributed by atoms with E-state index in [2.05, 4.69) is 26.6 Å². The minimum Gasteiger partial charge on any atom is -0.351 e. The summed E-state index contributed by atoms with van der Waals surface area (Å²) in [6, 6.07) is 16.1. The second-order valence-corrected chi connectivity index (χ2v) is 5.65. The van der Waals surface area contributed by atoms with Crippen LogP contribution in [0.2, 0.25) is 0 Å². The number of benzene rings is 2. The number of anilines is 1. The van der Waals surface area contributed by atoms with E-state index in [1.165, 1.54) is 0 Å². The SMILES string of the molecule is N#CCC(=O)NCc1ccccc1NC(=O)c1cccc(Br)c1. The van der Waals surface area contributed by atoms with Crippen molar-refractivity contribution in [2.24, 2.45) is 0 Å². The quantitative estimate of drug-likeness (QED) is 0.846. The Hall–Kier alpha value is -2.65. The fraction of sp³-hybridized carbons (Fsp3) is 0.118. The molecule has 0 heterocycles. The number of hydrogen-bond acceptors (Lipinski definition) is 3. The highest BCUT2D eigenvalue weighted by Gasteiger charge is 2.10. The average molecular weight is 372 g/mol. The van der Waals surface area contributed by atoms with Crippen molar-refractivity contribution in [3.8, 4) is 6.07 Å². The van der Waals surface area contributed by atoms with Gasteiger partial charge in [0, 0.05) is 22.3 Å². The highest BCUT2D eigenvalue weighted by atomic mass is 79.9. The first-order valence-corrected chi connectivity index (χ1v) is 7.68. The smallest absolute Gasteiger partial charge is 0.255 e. The lowest BCUT2D eigenvalue weighted by Crippen LogP contribution is -2.23. The van der Waals surface area contributed by atoms with Crippen LogP contribution < -0.4 is 10.6 Å². The van der Waals surface area contributed by atoms with Gasteiger partial charge in [-0.2, -0.15) is 5.26 Å². The van der Waals surface area contributed by atoms with Gasteiger partial charge in [0.2, 0.25) is 5.91 Å². The van der Waals surface area contributed by atoms with Crippen molar-refractivity contribution in [2.75, 3.05) is 5.32 Å². The number of halogens is 1. The van der Waals surface area contributed by atoms with Crippen molar-refractivity contribution in [1.29, 1.82) is 5.26 Å². The van der Waals surface area contributed by atoms with Crippen LogP contribution in [0.15, 0.2) is 53.0 Å². The Labute approximate surface area is 142 Å². The van der Waals surface area contributed by atoms with Crippen molar-refractivity contribution in [3.63, 3.8) is 0 Å². The predicted molar refractivity (Wildman–Crippen MR) is 90.6 cm³/mol. The second kappa shape index (κ2) is 8.11. The number of nitriles is 1. The summed E-state index contributed by atoms with van der Waals surface area (Å²) in [6.45, 7) is 0.245. The number of amides is 2. The number of hydrogen-bond donors (Lipinski definition) is 2. The van der Waals surface area contributed by atoms with E-state index in [-0.39, 0.29) is 24.8 Å².